The molecule has 0 aliphatic heterocycles. The third-order valence-electron chi connectivity index (χ3n) is 4.95. The van der Waals surface area contributed by atoms with E-state index in [4.69, 9.17) is 27.9 Å². The van der Waals surface area contributed by atoms with E-state index in [-0.39, 0.29) is 21.6 Å². The van der Waals surface area contributed by atoms with Gasteiger partial charge in [0.25, 0.3) is 0 Å². The number of aromatic nitrogens is 1. The van der Waals surface area contributed by atoms with Crippen LogP contribution in [-0.2, 0) is 17.6 Å². The summed E-state index contributed by atoms with van der Waals surface area (Å²) in [6, 6.07) is 13.2. The van der Waals surface area contributed by atoms with Gasteiger partial charge in [-0.2, -0.15) is 13.2 Å². The van der Waals surface area contributed by atoms with Crippen LogP contribution >= 0.6 is 23.2 Å². The summed E-state index contributed by atoms with van der Waals surface area (Å²) in [5.74, 6) is 0.0847. The lowest BCUT2D eigenvalue weighted by Crippen LogP contribution is -2.11. The van der Waals surface area contributed by atoms with E-state index in [1.165, 1.54) is 30.4 Å². The number of aliphatic hydroxyl groups is 1. The lowest BCUT2D eigenvalue weighted by atomic mass is 9.96. The number of carbonyl (C=O) groups is 1. The maximum Gasteiger partial charge on any atom is 0.416 e. The van der Waals surface area contributed by atoms with Crippen molar-refractivity contribution in [2.45, 2.75) is 19.7 Å². The molecule has 0 fully saturated rings. The van der Waals surface area contributed by atoms with E-state index in [1.807, 2.05) is 6.92 Å². The maximum absolute atomic E-state index is 13.0. The molecule has 0 aliphatic rings. The van der Waals surface area contributed by atoms with Crippen molar-refractivity contribution in [1.29, 1.82) is 0 Å². The molecule has 0 saturated heterocycles. The molecule has 3 rings (SSSR count). The highest BCUT2D eigenvalue weighted by Crippen LogP contribution is 2.32. The summed E-state index contributed by atoms with van der Waals surface area (Å²) >= 11 is 11.9. The second-order valence-corrected chi connectivity index (χ2v) is 8.13. The molecule has 0 bridgehead atoms. The molecule has 10 heteroatoms. The van der Waals surface area contributed by atoms with Crippen molar-refractivity contribution in [3.8, 4) is 5.75 Å². The average molecular weight is 537 g/mol. The summed E-state index contributed by atoms with van der Waals surface area (Å²) in [5.41, 5.74) is 1.45. The Labute approximate surface area is 215 Å². The fourth-order valence-electron chi connectivity index (χ4n) is 3.28. The molecule has 1 amide bonds. The smallest absolute Gasteiger partial charge is 0.416 e. The number of allylic oxidation sites excluding steroid dienone is 2. The van der Waals surface area contributed by atoms with Crippen LogP contribution in [0.25, 0.3) is 5.57 Å². The monoisotopic (exact) mass is 536 g/mol. The predicted octanol–water partition coefficient (Wildman–Crippen LogP) is 6.92. The minimum Gasteiger partial charge on any atom is -0.494 e. The summed E-state index contributed by atoms with van der Waals surface area (Å²) in [6.07, 6.45) is -0.184. The van der Waals surface area contributed by atoms with E-state index >= 15 is 0 Å². The van der Waals surface area contributed by atoms with Crippen LogP contribution < -0.4 is 10.1 Å². The summed E-state index contributed by atoms with van der Waals surface area (Å²) in [6.45, 7) is 1.93. The number of benzene rings is 2. The van der Waals surface area contributed by atoms with Gasteiger partial charge in [0.1, 0.15) is 10.9 Å². The van der Waals surface area contributed by atoms with Gasteiger partial charge in [-0.15, -0.1) is 0 Å². The zero-order valence-electron chi connectivity index (χ0n) is 18.9. The molecule has 188 valence electrons. The van der Waals surface area contributed by atoms with Crippen molar-refractivity contribution < 1.29 is 27.8 Å². The van der Waals surface area contributed by atoms with Gasteiger partial charge in [-0.25, -0.2) is 4.98 Å². The number of amides is 1. The number of nitrogens with zero attached hydrogens (tertiary/aromatic N) is 1. The number of rotatable bonds is 8. The highest BCUT2D eigenvalue weighted by Gasteiger charge is 2.30. The third kappa shape index (κ3) is 7.10. The fraction of sp³-hybridized carbons (Fsp3) is 0.154. The number of halogens is 5. The first-order valence-electron chi connectivity index (χ1n) is 10.7. The number of carbonyl (C=O) groups excluding carboxylic acids is 1. The molecule has 0 saturated carbocycles. The molecule has 1 heterocycles. The van der Waals surface area contributed by atoms with Crippen molar-refractivity contribution in [1.82, 2.24) is 4.98 Å². The number of anilines is 1. The van der Waals surface area contributed by atoms with E-state index in [0.29, 0.717) is 29.1 Å². The molecule has 0 atom stereocenters. The van der Waals surface area contributed by atoms with Gasteiger partial charge in [-0.05, 0) is 54.0 Å². The number of hydrogen-bond acceptors (Lipinski definition) is 4. The molecule has 2 N–H and O–H groups in total. The molecule has 0 unspecified atom stereocenters. The molecule has 0 radical (unpaired) electrons. The highest BCUT2D eigenvalue weighted by atomic mass is 35.5. The van der Waals surface area contributed by atoms with E-state index in [2.05, 4.69) is 10.3 Å². The van der Waals surface area contributed by atoms with Gasteiger partial charge >= 0.3 is 6.18 Å². The molecule has 5 nitrogen and oxygen atoms in total. The minimum atomic E-state index is -4.45. The highest BCUT2D eigenvalue weighted by molar-refractivity contribution is 6.35. The molecule has 2 aromatic carbocycles. The van der Waals surface area contributed by atoms with Crippen LogP contribution in [0.3, 0.4) is 0 Å². The van der Waals surface area contributed by atoms with E-state index in [0.717, 1.165) is 12.1 Å². The van der Waals surface area contributed by atoms with Gasteiger partial charge in [-0.1, -0.05) is 59.6 Å². The topological polar surface area (TPSA) is 71.5 Å². The summed E-state index contributed by atoms with van der Waals surface area (Å²) in [4.78, 5) is 16.3. The summed E-state index contributed by atoms with van der Waals surface area (Å²) in [7, 11) is 0. The van der Waals surface area contributed by atoms with E-state index < -0.39 is 24.3 Å². The van der Waals surface area contributed by atoms with Crippen molar-refractivity contribution in [3.63, 3.8) is 0 Å². The number of pyridine rings is 1. The Kier molecular flexibility index (Phi) is 9.14. The van der Waals surface area contributed by atoms with Crippen LogP contribution in [0.15, 0.2) is 72.8 Å². The second kappa shape index (κ2) is 12.1. The lowest BCUT2D eigenvalue weighted by molar-refractivity contribution is -0.137. The largest absolute Gasteiger partial charge is 0.494 e. The van der Waals surface area contributed by atoms with Crippen LogP contribution in [0.5, 0.6) is 5.75 Å². The third-order valence-corrected chi connectivity index (χ3v) is 5.42. The standard InChI is InChI=1S/C26H21Cl2F3N2O3/c1-2-36-20-12-8-17(9-13-20)21(16-6-10-19(11-7-16)26(29,30)31)4-3-5-23(35)33-24-18(15-34)14-22(27)32-25(24)28/h3-14,34H,2,15H2,1H3,(H,33,35)/b5-3+,21-4+. The summed E-state index contributed by atoms with van der Waals surface area (Å²) < 4.78 is 44.5. The molecule has 3 aromatic rings. The van der Waals surface area contributed by atoms with E-state index in [9.17, 15) is 23.1 Å². The molecule has 1 aromatic heterocycles. The normalized spacial score (nSPS) is 12.1. The molecule has 0 aliphatic carbocycles. The van der Waals surface area contributed by atoms with Crippen molar-refractivity contribution in [2.24, 2.45) is 0 Å². The van der Waals surface area contributed by atoms with Gasteiger partial charge in [0, 0.05) is 11.6 Å². The van der Waals surface area contributed by atoms with Crippen LogP contribution in [-0.4, -0.2) is 22.6 Å². The molecular weight excluding hydrogens is 516 g/mol. The Morgan fingerprint density at radius 3 is 2.25 bits per heavy atom. The number of hydrogen-bond donors (Lipinski definition) is 2. The Balaban J connectivity index is 1.91. The second-order valence-electron chi connectivity index (χ2n) is 7.39. The molecule has 0 spiro atoms. The van der Waals surface area contributed by atoms with Gasteiger partial charge < -0.3 is 15.2 Å². The first kappa shape index (κ1) is 27.3. The Hall–Kier alpha value is -3.33. The van der Waals surface area contributed by atoms with Crippen molar-refractivity contribution in [2.75, 3.05) is 11.9 Å². The zero-order chi connectivity index (χ0) is 26.3. The average Bonchev–Trinajstić information content (AvgIpc) is 2.84. The zero-order valence-corrected chi connectivity index (χ0v) is 20.5. The first-order valence-corrected chi connectivity index (χ1v) is 11.4. The van der Waals surface area contributed by atoms with Crippen molar-refractivity contribution in [3.05, 3.63) is 105 Å². The van der Waals surface area contributed by atoms with Crippen LogP contribution in [0, 0.1) is 0 Å². The fourth-order valence-corrected chi connectivity index (χ4v) is 3.80. The number of alkyl halides is 3. The van der Waals surface area contributed by atoms with Gasteiger partial charge in [0.2, 0.25) is 5.91 Å². The van der Waals surface area contributed by atoms with Crippen LogP contribution in [0.4, 0.5) is 18.9 Å². The van der Waals surface area contributed by atoms with Crippen molar-refractivity contribution >= 4 is 40.4 Å². The lowest BCUT2D eigenvalue weighted by Gasteiger charge is -2.12. The Morgan fingerprint density at radius 1 is 1.08 bits per heavy atom. The molecule has 36 heavy (non-hydrogen) atoms. The number of aliphatic hydroxyl groups excluding tert-OH is 1. The SMILES string of the molecule is CCOc1ccc(/C(=C/C=C/C(=O)Nc2c(CO)cc(Cl)nc2Cl)c2ccc(C(F)(F)F)cc2)cc1. The van der Waals surface area contributed by atoms with Crippen LogP contribution in [0.2, 0.25) is 10.3 Å². The number of nitrogens with one attached hydrogen (secondary N) is 1. The van der Waals surface area contributed by atoms with Crippen LogP contribution in [0.1, 0.15) is 29.2 Å². The Bertz CT molecular complexity index is 1270. The minimum absolute atomic E-state index is 0.0667. The van der Waals surface area contributed by atoms with E-state index in [1.54, 1.807) is 30.3 Å². The predicted molar refractivity (Wildman–Crippen MR) is 134 cm³/mol. The van der Waals surface area contributed by atoms with Gasteiger partial charge in [0.15, 0.2) is 5.15 Å². The quantitative estimate of drug-likeness (QED) is 0.186. The Morgan fingerprint density at radius 2 is 1.69 bits per heavy atom. The van der Waals surface area contributed by atoms with Gasteiger partial charge in [0.05, 0.1) is 24.5 Å². The summed E-state index contributed by atoms with van der Waals surface area (Å²) in [5, 5.41) is 12.0. The first-order chi connectivity index (χ1) is 17.1. The molecular formula is C26H21Cl2F3N2O3. The number of ether oxygens (including phenoxy) is 1. The maximum atomic E-state index is 13.0. The van der Waals surface area contributed by atoms with Gasteiger partial charge in [-0.3, -0.25) is 4.79 Å².